The molecule has 0 spiro atoms. The molecule has 5 heteroatoms. The second-order valence-electron chi connectivity index (χ2n) is 6.01. The highest BCUT2D eigenvalue weighted by Gasteiger charge is 2.36. The van der Waals surface area contributed by atoms with Gasteiger partial charge in [-0.3, -0.25) is 4.99 Å². The van der Waals surface area contributed by atoms with Gasteiger partial charge in [0.25, 0.3) is 0 Å². The van der Waals surface area contributed by atoms with Crippen LogP contribution in [0.1, 0.15) is 31.2 Å². The van der Waals surface area contributed by atoms with E-state index in [-0.39, 0.29) is 0 Å². The van der Waals surface area contributed by atoms with Crippen LogP contribution < -0.4 is 10.6 Å². The monoisotopic (exact) mass is 323 g/mol. The third-order valence-electron chi connectivity index (χ3n) is 4.45. The normalized spacial score (nSPS) is 17.0. The Labute approximate surface area is 138 Å². The van der Waals surface area contributed by atoms with Crippen molar-refractivity contribution in [1.82, 2.24) is 10.6 Å². The summed E-state index contributed by atoms with van der Waals surface area (Å²) in [5.41, 5.74) is 1.53. The van der Waals surface area contributed by atoms with Crippen LogP contribution in [0.5, 0.6) is 0 Å². The maximum atomic E-state index is 6.00. The predicted octanol–water partition coefficient (Wildman–Crippen LogP) is 3.21. The quantitative estimate of drug-likeness (QED) is 0.598. The summed E-state index contributed by atoms with van der Waals surface area (Å²) in [7, 11) is 3.57. The average molecular weight is 324 g/mol. The molecule has 1 aromatic rings. The fourth-order valence-corrected chi connectivity index (χ4v) is 3.05. The summed E-state index contributed by atoms with van der Waals surface area (Å²) in [5.74, 6) is 0.837. The predicted molar refractivity (Wildman–Crippen MR) is 92.4 cm³/mol. The molecule has 1 aliphatic rings. The summed E-state index contributed by atoms with van der Waals surface area (Å²) in [6.45, 7) is 2.49. The number of guanidine groups is 1. The number of hydrogen-bond acceptors (Lipinski definition) is 2. The van der Waals surface area contributed by atoms with Crippen molar-refractivity contribution in [3.63, 3.8) is 0 Å². The minimum atomic E-state index is 0.379. The molecular weight excluding hydrogens is 298 g/mol. The summed E-state index contributed by atoms with van der Waals surface area (Å²) in [5, 5.41) is 7.55. The first-order valence-electron chi connectivity index (χ1n) is 7.85. The van der Waals surface area contributed by atoms with Crippen LogP contribution in [0.2, 0.25) is 5.02 Å². The van der Waals surface area contributed by atoms with E-state index >= 15 is 0 Å². The molecule has 4 nitrogen and oxygen atoms in total. The van der Waals surface area contributed by atoms with Crippen molar-refractivity contribution in [2.45, 2.75) is 32.2 Å². The molecule has 0 unspecified atom stereocenters. The molecule has 0 atom stereocenters. The van der Waals surface area contributed by atoms with Gasteiger partial charge in [0, 0.05) is 38.9 Å². The van der Waals surface area contributed by atoms with Gasteiger partial charge in [-0.15, -0.1) is 0 Å². The van der Waals surface area contributed by atoms with Gasteiger partial charge in [0.05, 0.1) is 0 Å². The second-order valence-corrected chi connectivity index (χ2v) is 6.44. The number of aliphatic imine (C=N–C) groups is 1. The van der Waals surface area contributed by atoms with Crippen molar-refractivity contribution in [1.29, 1.82) is 0 Å². The van der Waals surface area contributed by atoms with E-state index in [4.69, 9.17) is 16.3 Å². The van der Waals surface area contributed by atoms with Crippen LogP contribution in [-0.4, -0.2) is 33.3 Å². The molecule has 122 valence electrons. The maximum Gasteiger partial charge on any atom is 0.191 e. The fraction of sp³-hybridized carbons (Fsp3) is 0.588. The molecule has 0 aliphatic heterocycles. The van der Waals surface area contributed by atoms with Crippen LogP contribution in [-0.2, 0) is 11.3 Å². The molecule has 2 rings (SSSR count). The van der Waals surface area contributed by atoms with Gasteiger partial charge in [-0.25, -0.2) is 0 Å². The number of methoxy groups -OCH3 is 1. The Balaban J connectivity index is 1.80. The van der Waals surface area contributed by atoms with Crippen LogP contribution >= 0.6 is 11.6 Å². The minimum Gasteiger partial charge on any atom is -0.385 e. The first-order chi connectivity index (χ1) is 10.7. The highest BCUT2D eigenvalue weighted by Crippen LogP contribution is 2.43. The molecule has 0 saturated heterocycles. The molecule has 1 fully saturated rings. The molecule has 0 aromatic heterocycles. The smallest absolute Gasteiger partial charge is 0.191 e. The summed E-state index contributed by atoms with van der Waals surface area (Å²) in [4.78, 5) is 4.30. The Morgan fingerprint density at radius 3 is 2.77 bits per heavy atom. The lowest BCUT2D eigenvalue weighted by molar-refractivity contribution is 0.0732. The fourth-order valence-electron chi connectivity index (χ4n) is 2.84. The van der Waals surface area contributed by atoms with Crippen molar-refractivity contribution in [2.24, 2.45) is 10.4 Å². The first kappa shape index (κ1) is 17.1. The lowest BCUT2D eigenvalue weighted by Gasteiger charge is -2.42. The van der Waals surface area contributed by atoms with Crippen molar-refractivity contribution in [3.8, 4) is 0 Å². The van der Waals surface area contributed by atoms with Gasteiger partial charge < -0.3 is 15.4 Å². The number of halogens is 1. The van der Waals surface area contributed by atoms with Crippen LogP contribution in [0.3, 0.4) is 0 Å². The number of nitrogens with zero attached hydrogens (tertiary/aromatic N) is 1. The van der Waals surface area contributed by atoms with Crippen molar-refractivity contribution in [2.75, 3.05) is 27.3 Å². The summed E-state index contributed by atoms with van der Waals surface area (Å²) >= 11 is 6.00. The van der Waals surface area contributed by atoms with Gasteiger partial charge in [-0.05, 0) is 42.4 Å². The number of ether oxygens (including phenoxy) is 1. The van der Waals surface area contributed by atoms with Crippen molar-refractivity contribution >= 4 is 17.6 Å². The molecule has 0 heterocycles. The molecule has 1 aliphatic carbocycles. The third kappa shape index (κ3) is 4.89. The molecule has 22 heavy (non-hydrogen) atoms. The SMILES string of the molecule is CN=C(NCc1cccc(Cl)c1)NCC1(CCOC)CCC1. The Kier molecular flexibility index (Phi) is 6.52. The molecule has 0 radical (unpaired) electrons. The Morgan fingerprint density at radius 1 is 1.36 bits per heavy atom. The van der Waals surface area contributed by atoms with E-state index in [0.29, 0.717) is 12.0 Å². The van der Waals surface area contributed by atoms with Gasteiger partial charge in [-0.1, -0.05) is 30.2 Å². The zero-order chi connectivity index (χ0) is 15.8. The minimum absolute atomic E-state index is 0.379. The molecule has 0 amide bonds. The molecule has 1 saturated carbocycles. The molecule has 1 aromatic carbocycles. The largest absolute Gasteiger partial charge is 0.385 e. The summed E-state index contributed by atoms with van der Waals surface area (Å²) in [6.07, 6.45) is 4.98. The highest BCUT2D eigenvalue weighted by molar-refractivity contribution is 6.30. The zero-order valence-corrected chi connectivity index (χ0v) is 14.2. The standard InChI is InChI=1S/C17H26ClN3O/c1-19-16(20-12-14-5-3-6-15(18)11-14)21-13-17(7-4-8-17)9-10-22-2/h3,5-6,11H,4,7-10,12-13H2,1-2H3,(H2,19,20,21). The zero-order valence-electron chi connectivity index (χ0n) is 13.5. The van der Waals surface area contributed by atoms with E-state index in [2.05, 4.69) is 21.7 Å². The molecular formula is C17H26ClN3O. The number of nitrogens with one attached hydrogen (secondary N) is 2. The molecule has 0 bridgehead atoms. The van der Waals surface area contributed by atoms with Crippen LogP contribution in [0, 0.1) is 5.41 Å². The number of rotatable bonds is 7. The molecule has 2 N–H and O–H groups in total. The Bertz CT molecular complexity index is 500. The lowest BCUT2D eigenvalue weighted by Crippen LogP contribution is -2.46. The lowest BCUT2D eigenvalue weighted by atomic mass is 9.67. The topological polar surface area (TPSA) is 45.7 Å². The average Bonchev–Trinajstić information content (AvgIpc) is 2.48. The van der Waals surface area contributed by atoms with Gasteiger partial charge in [0.1, 0.15) is 0 Å². The van der Waals surface area contributed by atoms with E-state index < -0.39 is 0 Å². The summed E-state index contributed by atoms with van der Waals surface area (Å²) in [6, 6.07) is 7.87. The Hall–Kier alpha value is -1.26. The van der Waals surface area contributed by atoms with Crippen LogP contribution in [0.25, 0.3) is 0 Å². The van der Waals surface area contributed by atoms with Gasteiger partial charge in [0.2, 0.25) is 0 Å². The van der Waals surface area contributed by atoms with Crippen LogP contribution in [0.15, 0.2) is 29.3 Å². The second kappa shape index (κ2) is 8.39. The van der Waals surface area contributed by atoms with Gasteiger partial charge in [0.15, 0.2) is 5.96 Å². The van der Waals surface area contributed by atoms with Crippen molar-refractivity contribution in [3.05, 3.63) is 34.9 Å². The van der Waals surface area contributed by atoms with Gasteiger partial charge in [-0.2, -0.15) is 0 Å². The maximum absolute atomic E-state index is 6.00. The van der Waals surface area contributed by atoms with E-state index in [0.717, 1.165) is 36.1 Å². The number of hydrogen-bond donors (Lipinski definition) is 2. The summed E-state index contributed by atoms with van der Waals surface area (Å²) < 4.78 is 5.24. The highest BCUT2D eigenvalue weighted by atomic mass is 35.5. The van der Waals surface area contributed by atoms with E-state index in [1.165, 1.54) is 19.3 Å². The Morgan fingerprint density at radius 2 is 2.18 bits per heavy atom. The van der Waals surface area contributed by atoms with E-state index in [9.17, 15) is 0 Å². The number of benzene rings is 1. The van der Waals surface area contributed by atoms with E-state index in [1.807, 2.05) is 18.2 Å². The third-order valence-corrected chi connectivity index (χ3v) is 4.69. The van der Waals surface area contributed by atoms with Gasteiger partial charge >= 0.3 is 0 Å². The van der Waals surface area contributed by atoms with E-state index in [1.54, 1.807) is 14.2 Å². The first-order valence-corrected chi connectivity index (χ1v) is 8.23. The van der Waals surface area contributed by atoms with Crippen molar-refractivity contribution < 1.29 is 4.74 Å². The van der Waals surface area contributed by atoms with Crippen LogP contribution in [0.4, 0.5) is 0 Å².